The van der Waals surface area contributed by atoms with Gasteiger partial charge in [0.2, 0.25) is 0 Å². The van der Waals surface area contributed by atoms with Crippen molar-refractivity contribution >= 4 is 11.9 Å². The highest BCUT2D eigenvalue weighted by molar-refractivity contribution is 5.85. The molecular formula is C34H32O6-2. The smallest absolute Gasteiger partial charge is 0.0700 e. The van der Waals surface area contributed by atoms with Crippen LogP contribution >= 0.6 is 0 Å². The lowest BCUT2D eigenvalue weighted by atomic mass is 9.72. The van der Waals surface area contributed by atoms with E-state index in [0.29, 0.717) is 22.3 Å². The van der Waals surface area contributed by atoms with Gasteiger partial charge in [-0.1, -0.05) is 121 Å². The highest BCUT2D eigenvalue weighted by Gasteiger charge is 2.37. The van der Waals surface area contributed by atoms with Gasteiger partial charge in [-0.05, 0) is 35.1 Å². The van der Waals surface area contributed by atoms with Gasteiger partial charge in [0.25, 0.3) is 0 Å². The molecular weight excluding hydrogens is 504 g/mol. The summed E-state index contributed by atoms with van der Waals surface area (Å²) in [6, 6.07) is 36.1. The summed E-state index contributed by atoms with van der Waals surface area (Å²) in [6.07, 6.45) is 0.359. The summed E-state index contributed by atoms with van der Waals surface area (Å²) in [4.78, 5) is 25.1. The fraction of sp³-hybridized carbons (Fsp3) is 0.235. The predicted octanol–water partition coefficient (Wildman–Crippen LogP) is 3.27. The minimum absolute atomic E-state index is 0.165. The van der Waals surface area contributed by atoms with Crippen LogP contribution in [0.25, 0.3) is 0 Å². The van der Waals surface area contributed by atoms with E-state index in [9.17, 15) is 19.8 Å². The van der Waals surface area contributed by atoms with E-state index in [2.05, 4.69) is 0 Å². The number of hydrogen-bond acceptors (Lipinski definition) is 6. The number of carbonyl (C=O) groups excluding carboxylic acids is 2. The molecule has 0 bridgehead atoms. The van der Waals surface area contributed by atoms with Gasteiger partial charge in [-0.25, -0.2) is 0 Å². The molecule has 0 aromatic heterocycles. The molecule has 0 fully saturated rings. The first kappa shape index (κ1) is 28.7. The molecule has 0 radical (unpaired) electrons. The van der Waals surface area contributed by atoms with Gasteiger partial charge in [0.1, 0.15) is 0 Å². The molecule has 6 heteroatoms. The van der Waals surface area contributed by atoms with Gasteiger partial charge in [0.05, 0.1) is 36.0 Å². The SMILES string of the molecule is O=C([O-])C(CCOCCOCCC(C(=O)[O-])(c1ccccc1)c1ccccc1)(c1ccccc1)c1ccccc1. The van der Waals surface area contributed by atoms with Crippen molar-refractivity contribution in [3.8, 4) is 0 Å². The van der Waals surface area contributed by atoms with Crippen LogP contribution in [0.5, 0.6) is 0 Å². The van der Waals surface area contributed by atoms with Gasteiger partial charge in [-0.3, -0.25) is 0 Å². The Labute approximate surface area is 234 Å². The van der Waals surface area contributed by atoms with Gasteiger partial charge in [0, 0.05) is 13.2 Å². The molecule has 0 aliphatic heterocycles. The van der Waals surface area contributed by atoms with Crippen molar-refractivity contribution in [2.45, 2.75) is 23.7 Å². The molecule has 0 saturated heterocycles. The lowest BCUT2D eigenvalue weighted by Gasteiger charge is -2.36. The maximum atomic E-state index is 12.6. The maximum absolute atomic E-state index is 12.6. The van der Waals surface area contributed by atoms with Crippen molar-refractivity contribution in [1.29, 1.82) is 0 Å². The maximum Gasteiger partial charge on any atom is 0.0700 e. The molecule has 0 aliphatic carbocycles. The van der Waals surface area contributed by atoms with E-state index in [1.165, 1.54) is 0 Å². The van der Waals surface area contributed by atoms with Gasteiger partial charge in [-0.15, -0.1) is 0 Å². The number of aliphatic carboxylic acids is 2. The van der Waals surface area contributed by atoms with Crippen LogP contribution in [0.4, 0.5) is 0 Å². The zero-order valence-corrected chi connectivity index (χ0v) is 22.2. The van der Waals surface area contributed by atoms with E-state index in [1.54, 1.807) is 48.5 Å². The molecule has 4 aromatic carbocycles. The van der Waals surface area contributed by atoms with E-state index in [4.69, 9.17) is 9.47 Å². The molecule has 0 N–H and O–H groups in total. The molecule has 0 heterocycles. The van der Waals surface area contributed by atoms with E-state index >= 15 is 0 Å². The molecule has 4 aromatic rings. The first-order valence-electron chi connectivity index (χ1n) is 13.3. The summed E-state index contributed by atoms with van der Waals surface area (Å²) in [5.74, 6) is -2.38. The summed E-state index contributed by atoms with van der Waals surface area (Å²) in [5.41, 5.74) is -0.211. The number of rotatable bonds is 15. The van der Waals surface area contributed by atoms with E-state index in [1.807, 2.05) is 72.8 Å². The van der Waals surface area contributed by atoms with Crippen LogP contribution in [-0.4, -0.2) is 38.4 Å². The molecule has 4 rings (SSSR count). The van der Waals surface area contributed by atoms with Crippen LogP contribution in [0.2, 0.25) is 0 Å². The van der Waals surface area contributed by atoms with Crippen molar-refractivity contribution in [3.05, 3.63) is 144 Å². The third-order valence-electron chi connectivity index (χ3n) is 7.38. The van der Waals surface area contributed by atoms with Crippen molar-refractivity contribution in [2.24, 2.45) is 0 Å². The molecule has 0 amide bonds. The monoisotopic (exact) mass is 536 g/mol. The van der Waals surface area contributed by atoms with Gasteiger partial charge in [0.15, 0.2) is 0 Å². The van der Waals surface area contributed by atoms with E-state index in [0.717, 1.165) is 0 Å². The normalized spacial score (nSPS) is 11.7. The quantitative estimate of drug-likeness (QED) is 0.216. The molecule has 6 nitrogen and oxygen atoms in total. The van der Waals surface area contributed by atoms with Crippen LogP contribution in [0.1, 0.15) is 35.1 Å². The van der Waals surface area contributed by atoms with Crippen molar-refractivity contribution in [1.82, 2.24) is 0 Å². The minimum atomic E-state index is -1.36. The Bertz CT molecular complexity index is 1150. The lowest BCUT2D eigenvalue weighted by Crippen LogP contribution is -2.47. The molecule has 0 spiro atoms. The third kappa shape index (κ3) is 6.14. The highest BCUT2D eigenvalue weighted by atomic mass is 16.5. The first-order valence-corrected chi connectivity index (χ1v) is 13.3. The third-order valence-corrected chi connectivity index (χ3v) is 7.38. The summed E-state index contributed by atoms with van der Waals surface area (Å²) in [7, 11) is 0. The highest BCUT2D eigenvalue weighted by Crippen LogP contribution is 2.36. The topological polar surface area (TPSA) is 98.7 Å². The molecule has 0 saturated carbocycles. The molecule has 0 atom stereocenters. The molecule has 0 unspecified atom stereocenters. The average Bonchev–Trinajstić information content (AvgIpc) is 3.00. The Morgan fingerprint density at radius 2 is 0.700 bits per heavy atom. The number of carbonyl (C=O) groups is 2. The van der Waals surface area contributed by atoms with Crippen molar-refractivity contribution in [2.75, 3.05) is 26.4 Å². The zero-order valence-electron chi connectivity index (χ0n) is 22.2. The fourth-order valence-electron chi connectivity index (χ4n) is 5.25. The zero-order chi connectivity index (χ0) is 28.3. The van der Waals surface area contributed by atoms with Gasteiger partial charge < -0.3 is 29.3 Å². The predicted molar refractivity (Wildman–Crippen MR) is 148 cm³/mol. The summed E-state index contributed by atoms with van der Waals surface area (Å²) in [5, 5.41) is 25.1. The second-order valence-electron chi connectivity index (χ2n) is 9.57. The summed E-state index contributed by atoms with van der Waals surface area (Å²) < 4.78 is 11.6. The number of carboxylic acids is 2. The Hall–Kier alpha value is -4.26. The van der Waals surface area contributed by atoms with Crippen molar-refractivity contribution in [3.63, 3.8) is 0 Å². The van der Waals surface area contributed by atoms with E-state index in [-0.39, 0.29) is 39.3 Å². The second kappa shape index (κ2) is 13.7. The van der Waals surface area contributed by atoms with Crippen LogP contribution in [0, 0.1) is 0 Å². The Balaban J connectivity index is 1.37. The number of ether oxygens (including phenoxy) is 2. The first-order chi connectivity index (χ1) is 19.5. The molecule has 40 heavy (non-hydrogen) atoms. The largest absolute Gasteiger partial charge is 0.549 e. The Morgan fingerprint density at radius 3 is 0.925 bits per heavy atom. The van der Waals surface area contributed by atoms with Crippen LogP contribution in [0.3, 0.4) is 0 Å². The number of carboxylic acid groups (broad SMARTS) is 2. The standard InChI is InChI=1S/C34H34O6/c35-31(36)33(27-13-5-1-6-14-27,28-15-7-2-8-16-28)21-23-39-25-26-40-24-22-34(32(37)38,29-17-9-3-10-18-29)30-19-11-4-12-20-30/h1-20H,21-26H2,(H,35,36)(H,37,38)/p-2. The van der Waals surface area contributed by atoms with E-state index < -0.39 is 22.8 Å². The second-order valence-corrected chi connectivity index (χ2v) is 9.57. The minimum Gasteiger partial charge on any atom is -0.549 e. The Kier molecular flexibility index (Phi) is 9.84. The Morgan fingerprint density at radius 1 is 0.450 bits per heavy atom. The molecule has 0 aliphatic rings. The van der Waals surface area contributed by atoms with Gasteiger partial charge in [-0.2, -0.15) is 0 Å². The van der Waals surface area contributed by atoms with Crippen LogP contribution in [-0.2, 0) is 29.9 Å². The van der Waals surface area contributed by atoms with Crippen LogP contribution < -0.4 is 10.2 Å². The number of benzene rings is 4. The van der Waals surface area contributed by atoms with Gasteiger partial charge >= 0.3 is 0 Å². The summed E-state index contributed by atoms with van der Waals surface area (Å²) >= 11 is 0. The number of hydrogen-bond donors (Lipinski definition) is 0. The van der Waals surface area contributed by atoms with Crippen molar-refractivity contribution < 1.29 is 29.3 Å². The lowest BCUT2D eigenvalue weighted by molar-refractivity contribution is -0.314. The fourth-order valence-corrected chi connectivity index (χ4v) is 5.25. The summed E-state index contributed by atoms with van der Waals surface area (Å²) in [6.45, 7) is 0.777. The van der Waals surface area contributed by atoms with Crippen LogP contribution in [0.15, 0.2) is 121 Å². The average molecular weight is 537 g/mol. The molecule has 206 valence electrons.